The minimum Gasteiger partial charge on any atom is -0.366 e. The molecule has 0 aliphatic heterocycles. The van der Waals surface area contributed by atoms with Gasteiger partial charge in [0.05, 0.1) is 17.4 Å². The Morgan fingerprint density at radius 1 is 1.39 bits per heavy atom. The number of hydrogen-bond donors (Lipinski definition) is 2. The summed E-state index contributed by atoms with van der Waals surface area (Å²) < 4.78 is 1.61. The summed E-state index contributed by atoms with van der Waals surface area (Å²) in [4.78, 5) is 11.0. The molecule has 1 amide bonds. The molecular formula is C13H16N4O. The molecule has 1 aromatic heterocycles. The molecule has 0 radical (unpaired) electrons. The number of carbonyl (C=O) groups excluding carboxylic acids is 1. The maximum atomic E-state index is 11.0. The summed E-state index contributed by atoms with van der Waals surface area (Å²) in [6.45, 7) is 2.05. The lowest BCUT2D eigenvalue weighted by molar-refractivity contribution is 0.100. The molecule has 2 aromatic rings. The Kier molecular flexibility index (Phi) is 3.43. The van der Waals surface area contributed by atoms with Crippen LogP contribution in [0, 0.1) is 0 Å². The lowest BCUT2D eigenvalue weighted by Crippen LogP contribution is -2.09. The Bertz CT molecular complexity index is 544. The van der Waals surface area contributed by atoms with Crippen LogP contribution < -0.4 is 11.5 Å². The van der Waals surface area contributed by atoms with E-state index in [-0.39, 0.29) is 6.04 Å². The van der Waals surface area contributed by atoms with Crippen molar-refractivity contribution in [3.05, 3.63) is 47.8 Å². The van der Waals surface area contributed by atoms with Gasteiger partial charge in [0.15, 0.2) is 0 Å². The molecule has 0 spiro atoms. The third kappa shape index (κ3) is 2.41. The van der Waals surface area contributed by atoms with Gasteiger partial charge in [0.1, 0.15) is 0 Å². The average Bonchev–Trinajstić information content (AvgIpc) is 2.88. The second kappa shape index (κ2) is 5.01. The minimum absolute atomic E-state index is 0.0536. The second-order valence-corrected chi connectivity index (χ2v) is 4.14. The number of benzene rings is 1. The van der Waals surface area contributed by atoms with Crippen molar-refractivity contribution >= 4 is 5.91 Å². The van der Waals surface area contributed by atoms with Crippen LogP contribution in [0.15, 0.2) is 36.7 Å². The molecule has 0 aliphatic rings. The highest BCUT2D eigenvalue weighted by Gasteiger charge is 2.06. The number of nitrogens with two attached hydrogens (primary N) is 2. The predicted molar refractivity (Wildman–Crippen MR) is 69.3 cm³/mol. The Balaban J connectivity index is 2.25. The van der Waals surface area contributed by atoms with Crippen LogP contribution in [0.3, 0.4) is 0 Å². The van der Waals surface area contributed by atoms with Crippen LogP contribution >= 0.6 is 0 Å². The maximum absolute atomic E-state index is 11.0. The fourth-order valence-corrected chi connectivity index (χ4v) is 1.70. The van der Waals surface area contributed by atoms with Gasteiger partial charge in [0, 0.05) is 12.2 Å². The van der Waals surface area contributed by atoms with E-state index in [9.17, 15) is 4.79 Å². The van der Waals surface area contributed by atoms with E-state index in [0.717, 1.165) is 17.7 Å². The summed E-state index contributed by atoms with van der Waals surface area (Å²) in [6, 6.07) is 7.83. The highest BCUT2D eigenvalue weighted by atomic mass is 16.1. The fraction of sp³-hybridized carbons (Fsp3) is 0.231. The SMILES string of the molecule is CC[C@H](N)c1ccc(-n2cc(C(N)=O)cn2)cc1. The van der Waals surface area contributed by atoms with Crippen molar-refractivity contribution in [2.24, 2.45) is 11.5 Å². The van der Waals surface area contributed by atoms with E-state index >= 15 is 0 Å². The van der Waals surface area contributed by atoms with Crippen LogP contribution in [0.1, 0.15) is 35.3 Å². The number of rotatable bonds is 4. The zero-order valence-electron chi connectivity index (χ0n) is 10.2. The Labute approximate surface area is 105 Å². The van der Waals surface area contributed by atoms with Crippen molar-refractivity contribution in [1.29, 1.82) is 0 Å². The summed E-state index contributed by atoms with van der Waals surface area (Å²) in [5, 5.41) is 4.09. The van der Waals surface area contributed by atoms with E-state index in [4.69, 9.17) is 11.5 Å². The molecule has 1 heterocycles. The van der Waals surface area contributed by atoms with E-state index in [1.165, 1.54) is 6.20 Å². The first-order chi connectivity index (χ1) is 8.61. The molecular weight excluding hydrogens is 228 g/mol. The smallest absolute Gasteiger partial charge is 0.251 e. The summed E-state index contributed by atoms with van der Waals surface area (Å²) in [5.74, 6) is -0.481. The van der Waals surface area contributed by atoms with Gasteiger partial charge in [-0.3, -0.25) is 4.79 Å². The average molecular weight is 244 g/mol. The molecule has 0 fully saturated rings. The summed E-state index contributed by atoms with van der Waals surface area (Å²) in [6.07, 6.45) is 3.96. The molecule has 0 saturated heterocycles. The second-order valence-electron chi connectivity index (χ2n) is 4.14. The van der Waals surface area contributed by atoms with E-state index in [0.29, 0.717) is 5.56 Å². The summed E-state index contributed by atoms with van der Waals surface area (Å²) in [7, 11) is 0. The van der Waals surface area contributed by atoms with Gasteiger partial charge in [-0.1, -0.05) is 19.1 Å². The molecule has 0 aliphatic carbocycles. The van der Waals surface area contributed by atoms with Crippen LogP contribution in [-0.2, 0) is 0 Å². The van der Waals surface area contributed by atoms with Crippen LogP contribution in [-0.4, -0.2) is 15.7 Å². The van der Waals surface area contributed by atoms with Crippen molar-refractivity contribution in [2.75, 3.05) is 0 Å². The predicted octanol–water partition coefficient (Wildman–Crippen LogP) is 1.38. The topological polar surface area (TPSA) is 86.9 Å². The molecule has 18 heavy (non-hydrogen) atoms. The number of aromatic nitrogens is 2. The highest BCUT2D eigenvalue weighted by Crippen LogP contribution is 2.16. The van der Waals surface area contributed by atoms with Gasteiger partial charge in [-0.25, -0.2) is 4.68 Å². The molecule has 0 bridgehead atoms. The Hall–Kier alpha value is -2.14. The normalized spacial score (nSPS) is 12.3. The van der Waals surface area contributed by atoms with Crippen LogP contribution in [0.5, 0.6) is 0 Å². The summed E-state index contributed by atoms with van der Waals surface area (Å²) in [5.41, 5.74) is 13.5. The number of nitrogens with zero attached hydrogens (tertiary/aromatic N) is 2. The third-order valence-electron chi connectivity index (χ3n) is 2.89. The van der Waals surface area contributed by atoms with Crippen molar-refractivity contribution in [2.45, 2.75) is 19.4 Å². The fourth-order valence-electron chi connectivity index (χ4n) is 1.70. The number of hydrogen-bond acceptors (Lipinski definition) is 3. The van der Waals surface area contributed by atoms with Gasteiger partial charge in [-0.15, -0.1) is 0 Å². The zero-order valence-corrected chi connectivity index (χ0v) is 10.2. The van der Waals surface area contributed by atoms with Gasteiger partial charge in [-0.05, 0) is 24.1 Å². The first-order valence-corrected chi connectivity index (χ1v) is 5.82. The number of amides is 1. The lowest BCUT2D eigenvalue weighted by Gasteiger charge is -2.09. The standard InChI is InChI=1S/C13H16N4O/c1-2-12(14)9-3-5-11(6-4-9)17-8-10(7-16-17)13(15)18/h3-8,12H,2,14H2,1H3,(H2,15,18)/t12-/m0/s1. The van der Waals surface area contributed by atoms with E-state index in [1.807, 2.05) is 31.2 Å². The monoisotopic (exact) mass is 244 g/mol. The van der Waals surface area contributed by atoms with E-state index < -0.39 is 5.91 Å². The molecule has 1 atom stereocenters. The number of primary amides is 1. The van der Waals surface area contributed by atoms with Crippen molar-refractivity contribution in [3.63, 3.8) is 0 Å². The van der Waals surface area contributed by atoms with Crippen molar-refractivity contribution < 1.29 is 4.79 Å². The first kappa shape index (κ1) is 12.3. The Morgan fingerprint density at radius 2 is 2.06 bits per heavy atom. The van der Waals surface area contributed by atoms with Gasteiger partial charge in [0.25, 0.3) is 5.91 Å². The number of carbonyl (C=O) groups is 1. The van der Waals surface area contributed by atoms with Crippen molar-refractivity contribution in [3.8, 4) is 5.69 Å². The van der Waals surface area contributed by atoms with Gasteiger partial charge in [-0.2, -0.15) is 5.10 Å². The van der Waals surface area contributed by atoms with Crippen LogP contribution in [0.2, 0.25) is 0 Å². The molecule has 0 unspecified atom stereocenters. The maximum Gasteiger partial charge on any atom is 0.251 e. The largest absolute Gasteiger partial charge is 0.366 e. The van der Waals surface area contributed by atoms with E-state index in [1.54, 1.807) is 10.9 Å². The third-order valence-corrected chi connectivity index (χ3v) is 2.89. The molecule has 5 nitrogen and oxygen atoms in total. The van der Waals surface area contributed by atoms with E-state index in [2.05, 4.69) is 5.10 Å². The Morgan fingerprint density at radius 3 is 2.56 bits per heavy atom. The molecule has 4 N–H and O–H groups in total. The van der Waals surface area contributed by atoms with Crippen molar-refractivity contribution in [1.82, 2.24) is 9.78 Å². The van der Waals surface area contributed by atoms with Crippen LogP contribution in [0.25, 0.3) is 5.69 Å². The summed E-state index contributed by atoms with van der Waals surface area (Å²) >= 11 is 0. The molecule has 5 heteroatoms. The first-order valence-electron chi connectivity index (χ1n) is 5.82. The molecule has 0 saturated carbocycles. The lowest BCUT2D eigenvalue weighted by atomic mass is 10.1. The zero-order chi connectivity index (χ0) is 13.1. The minimum atomic E-state index is -0.481. The van der Waals surface area contributed by atoms with Gasteiger partial charge >= 0.3 is 0 Å². The van der Waals surface area contributed by atoms with Gasteiger partial charge in [0.2, 0.25) is 0 Å². The van der Waals surface area contributed by atoms with Crippen LogP contribution in [0.4, 0.5) is 0 Å². The quantitative estimate of drug-likeness (QED) is 0.851. The molecule has 2 rings (SSSR count). The molecule has 1 aromatic carbocycles. The molecule has 94 valence electrons. The highest BCUT2D eigenvalue weighted by molar-refractivity contribution is 5.92. The van der Waals surface area contributed by atoms with Gasteiger partial charge < -0.3 is 11.5 Å².